The third kappa shape index (κ3) is 5.97. The monoisotopic (exact) mass is 330 g/mol. The fourth-order valence-electron chi connectivity index (χ4n) is 2.77. The number of nitrogens with one attached hydrogen (secondary N) is 1. The Bertz CT molecular complexity index is 402. The van der Waals surface area contributed by atoms with Crippen LogP contribution in [0, 0.1) is 5.92 Å². The van der Waals surface area contributed by atoms with Gasteiger partial charge in [-0.15, -0.1) is 23.7 Å². The molecule has 0 unspecified atom stereocenters. The molecule has 3 nitrogen and oxygen atoms in total. The summed E-state index contributed by atoms with van der Waals surface area (Å²) in [6, 6.07) is 4.44. The van der Waals surface area contributed by atoms with Crippen molar-refractivity contribution in [1.82, 2.24) is 10.2 Å². The van der Waals surface area contributed by atoms with Gasteiger partial charge in [0.1, 0.15) is 0 Å². The van der Waals surface area contributed by atoms with Crippen LogP contribution < -0.4 is 5.32 Å². The van der Waals surface area contributed by atoms with Crippen LogP contribution in [-0.4, -0.2) is 29.9 Å². The molecule has 0 radical (unpaired) electrons. The highest BCUT2D eigenvalue weighted by molar-refractivity contribution is 7.09. The molecule has 0 saturated carbocycles. The van der Waals surface area contributed by atoms with Crippen LogP contribution in [0.3, 0.4) is 0 Å². The second-order valence-electron chi connectivity index (χ2n) is 5.93. The maximum atomic E-state index is 12.5. The van der Waals surface area contributed by atoms with Gasteiger partial charge >= 0.3 is 0 Å². The first-order valence-corrected chi connectivity index (χ1v) is 8.57. The second-order valence-corrected chi connectivity index (χ2v) is 6.96. The molecule has 1 N–H and O–H groups in total. The smallest absolute Gasteiger partial charge is 0.223 e. The molecular formula is C16H27ClN2OS. The first kappa shape index (κ1) is 18.5. The number of thiophene rings is 1. The van der Waals surface area contributed by atoms with Gasteiger partial charge in [0.15, 0.2) is 0 Å². The van der Waals surface area contributed by atoms with E-state index in [9.17, 15) is 4.79 Å². The zero-order valence-corrected chi connectivity index (χ0v) is 14.6. The SMILES string of the molecule is CC(C)N(Cc1cccs1)C(=O)CCC1CCNCC1.Cl. The molecule has 5 heteroatoms. The van der Waals surface area contributed by atoms with Gasteiger partial charge < -0.3 is 10.2 Å². The van der Waals surface area contributed by atoms with Crippen molar-refractivity contribution >= 4 is 29.7 Å². The minimum atomic E-state index is 0. The predicted octanol–water partition coefficient (Wildman–Crippen LogP) is 3.69. The van der Waals surface area contributed by atoms with Crippen molar-refractivity contribution in [2.75, 3.05) is 13.1 Å². The van der Waals surface area contributed by atoms with Crippen LogP contribution in [0.15, 0.2) is 17.5 Å². The Kier molecular flexibility index (Phi) is 8.30. The number of amides is 1. The van der Waals surface area contributed by atoms with Gasteiger partial charge in [0.25, 0.3) is 0 Å². The summed E-state index contributed by atoms with van der Waals surface area (Å²) in [5.41, 5.74) is 0. The first-order chi connectivity index (χ1) is 9.66. The Balaban J connectivity index is 0.00000220. The molecule has 21 heavy (non-hydrogen) atoms. The predicted molar refractivity (Wildman–Crippen MR) is 92.1 cm³/mol. The highest BCUT2D eigenvalue weighted by Gasteiger charge is 2.20. The van der Waals surface area contributed by atoms with Crippen molar-refractivity contribution in [1.29, 1.82) is 0 Å². The van der Waals surface area contributed by atoms with Crippen LogP contribution in [0.4, 0.5) is 0 Å². The highest BCUT2D eigenvalue weighted by Crippen LogP contribution is 2.20. The van der Waals surface area contributed by atoms with E-state index in [4.69, 9.17) is 0 Å². The Morgan fingerprint density at radius 3 is 2.71 bits per heavy atom. The minimum absolute atomic E-state index is 0. The molecule has 1 saturated heterocycles. The van der Waals surface area contributed by atoms with E-state index >= 15 is 0 Å². The van der Waals surface area contributed by atoms with Gasteiger partial charge in [-0.2, -0.15) is 0 Å². The summed E-state index contributed by atoms with van der Waals surface area (Å²) in [5.74, 6) is 1.04. The molecule has 1 aromatic rings. The fraction of sp³-hybridized carbons (Fsp3) is 0.688. The third-order valence-electron chi connectivity index (χ3n) is 4.08. The van der Waals surface area contributed by atoms with E-state index < -0.39 is 0 Å². The molecular weight excluding hydrogens is 304 g/mol. The summed E-state index contributed by atoms with van der Waals surface area (Å²) in [5, 5.41) is 5.46. The number of carbonyl (C=O) groups is 1. The molecule has 2 heterocycles. The van der Waals surface area contributed by atoms with E-state index in [1.807, 2.05) is 4.90 Å². The topological polar surface area (TPSA) is 32.3 Å². The van der Waals surface area contributed by atoms with E-state index in [1.165, 1.54) is 17.7 Å². The lowest BCUT2D eigenvalue weighted by Gasteiger charge is -2.28. The van der Waals surface area contributed by atoms with E-state index in [0.717, 1.165) is 32.0 Å². The summed E-state index contributed by atoms with van der Waals surface area (Å²) >= 11 is 1.73. The van der Waals surface area contributed by atoms with Crippen molar-refractivity contribution in [3.05, 3.63) is 22.4 Å². The van der Waals surface area contributed by atoms with Gasteiger partial charge in [-0.05, 0) is 63.6 Å². The van der Waals surface area contributed by atoms with E-state index in [0.29, 0.717) is 12.3 Å². The van der Waals surface area contributed by atoms with Crippen molar-refractivity contribution in [3.8, 4) is 0 Å². The zero-order chi connectivity index (χ0) is 14.4. The molecule has 1 fully saturated rings. The Labute approximate surface area is 138 Å². The number of rotatable bonds is 6. The number of nitrogens with zero attached hydrogens (tertiary/aromatic N) is 1. The van der Waals surface area contributed by atoms with Gasteiger partial charge in [-0.3, -0.25) is 4.79 Å². The van der Waals surface area contributed by atoms with Gasteiger partial charge in [0.2, 0.25) is 5.91 Å². The average molecular weight is 331 g/mol. The molecule has 1 aromatic heterocycles. The van der Waals surface area contributed by atoms with Crippen molar-refractivity contribution in [2.24, 2.45) is 5.92 Å². The summed E-state index contributed by atoms with van der Waals surface area (Å²) in [6.07, 6.45) is 4.20. The maximum absolute atomic E-state index is 12.5. The van der Waals surface area contributed by atoms with Crippen LogP contribution in [-0.2, 0) is 11.3 Å². The number of hydrogen-bond acceptors (Lipinski definition) is 3. The average Bonchev–Trinajstić information content (AvgIpc) is 2.96. The Morgan fingerprint density at radius 1 is 1.43 bits per heavy atom. The van der Waals surface area contributed by atoms with Gasteiger partial charge in [0, 0.05) is 17.3 Å². The lowest BCUT2D eigenvalue weighted by atomic mass is 9.93. The fourth-order valence-corrected chi connectivity index (χ4v) is 3.47. The number of piperidine rings is 1. The highest BCUT2D eigenvalue weighted by atomic mass is 35.5. The van der Waals surface area contributed by atoms with Crippen LogP contribution in [0.5, 0.6) is 0 Å². The van der Waals surface area contributed by atoms with Crippen LogP contribution in [0.2, 0.25) is 0 Å². The molecule has 0 spiro atoms. The summed E-state index contributed by atoms with van der Waals surface area (Å²) in [6.45, 7) is 7.20. The Morgan fingerprint density at radius 2 is 2.14 bits per heavy atom. The minimum Gasteiger partial charge on any atom is -0.335 e. The second kappa shape index (κ2) is 9.44. The Hall–Kier alpha value is -0.580. The van der Waals surface area contributed by atoms with Crippen LogP contribution in [0.1, 0.15) is 44.4 Å². The number of hydrogen-bond donors (Lipinski definition) is 1. The molecule has 0 aromatic carbocycles. The van der Waals surface area contributed by atoms with Crippen LogP contribution >= 0.6 is 23.7 Å². The maximum Gasteiger partial charge on any atom is 0.223 e. The summed E-state index contributed by atoms with van der Waals surface area (Å²) in [7, 11) is 0. The lowest BCUT2D eigenvalue weighted by molar-refractivity contribution is -0.133. The van der Waals surface area contributed by atoms with Gasteiger partial charge in [0.05, 0.1) is 6.54 Å². The standard InChI is InChI=1S/C16H26N2OS.ClH/c1-13(2)18(12-15-4-3-11-20-15)16(19)6-5-14-7-9-17-10-8-14;/h3-4,11,13-14,17H,5-10,12H2,1-2H3;1H. The lowest BCUT2D eigenvalue weighted by Crippen LogP contribution is -2.36. The molecule has 0 atom stereocenters. The van der Waals surface area contributed by atoms with Crippen molar-refractivity contribution in [2.45, 2.75) is 52.1 Å². The first-order valence-electron chi connectivity index (χ1n) is 7.69. The van der Waals surface area contributed by atoms with E-state index in [-0.39, 0.29) is 18.4 Å². The molecule has 0 bridgehead atoms. The molecule has 0 aliphatic carbocycles. The third-order valence-corrected chi connectivity index (χ3v) is 4.94. The molecule has 1 amide bonds. The number of halogens is 1. The van der Waals surface area contributed by atoms with Gasteiger partial charge in [-0.25, -0.2) is 0 Å². The molecule has 1 aliphatic rings. The number of carbonyl (C=O) groups excluding carboxylic acids is 1. The van der Waals surface area contributed by atoms with Crippen LogP contribution in [0.25, 0.3) is 0 Å². The van der Waals surface area contributed by atoms with Gasteiger partial charge in [-0.1, -0.05) is 6.07 Å². The molecule has 120 valence electrons. The quantitative estimate of drug-likeness (QED) is 0.862. The summed E-state index contributed by atoms with van der Waals surface area (Å²) in [4.78, 5) is 15.8. The summed E-state index contributed by atoms with van der Waals surface area (Å²) < 4.78 is 0. The largest absolute Gasteiger partial charge is 0.335 e. The zero-order valence-electron chi connectivity index (χ0n) is 13.0. The van der Waals surface area contributed by atoms with E-state index in [2.05, 4.69) is 36.7 Å². The van der Waals surface area contributed by atoms with Crippen molar-refractivity contribution in [3.63, 3.8) is 0 Å². The van der Waals surface area contributed by atoms with E-state index in [1.54, 1.807) is 11.3 Å². The van der Waals surface area contributed by atoms with Crippen molar-refractivity contribution < 1.29 is 4.79 Å². The molecule has 2 rings (SSSR count). The molecule has 1 aliphatic heterocycles. The normalized spacial score (nSPS) is 15.8.